The molecule has 4 heterocycles. The molecule has 2 amide bonds. The first-order chi connectivity index (χ1) is 23.5. The number of carboxylic acid groups (broad SMARTS) is 1. The molecule has 0 aromatic heterocycles. The number of amides is 2. The quantitative estimate of drug-likeness (QED) is 0.194. The minimum absolute atomic E-state index is 0.0668. The lowest BCUT2D eigenvalue weighted by Gasteiger charge is -2.50. The van der Waals surface area contributed by atoms with Crippen molar-refractivity contribution in [2.45, 2.75) is 44.4 Å². The number of carbonyl (C=O) groups is 2. The molecule has 0 saturated carbocycles. The molecule has 4 aliphatic rings. The molecule has 9 heteroatoms. The molecular weight excluding hydrogens is 606 g/mol. The number of hydrogen-bond acceptors (Lipinski definition) is 6. The van der Waals surface area contributed by atoms with E-state index in [4.69, 9.17) is 14.2 Å². The number of piperidine rings is 3. The summed E-state index contributed by atoms with van der Waals surface area (Å²) >= 11 is 0. The largest absolute Gasteiger partial charge is 0.489 e. The molecule has 4 aliphatic heterocycles. The molecule has 4 aromatic rings. The Bertz CT molecular complexity index is 1680. The van der Waals surface area contributed by atoms with Crippen molar-refractivity contribution in [3.63, 3.8) is 0 Å². The van der Waals surface area contributed by atoms with Crippen LogP contribution in [0.4, 0.5) is 4.79 Å². The highest BCUT2D eigenvalue weighted by Crippen LogP contribution is 2.39. The van der Waals surface area contributed by atoms with Gasteiger partial charge in [-0.1, -0.05) is 78.9 Å². The minimum atomic E-state index is -0.902. The Morgan fingerprint density at radius 3 is 2.21 bits per heavy atom. The molecule has 2 bridgehead atoms. The van der Waals surface area contributed by atoms with Crippen LogP contribution in [-0.2, 0) is 22.6 Å². The number of ether oxygens (including phenoxy) is 3. The van der Waals surface area contributed by atoms with Crippen molar-refractivity contribution in [1.82, 2.24) is 15.1 Å². The van der Waals surface area contributed by atoms with E-state index in [9.17, 15) is 14.7 Å². The second-order valence-corrected chi connectivity index (χ2v) is 12.8. The van der Waals surface area contributed by atoms with E-state index in [1.807, 2.05) is 91.0 Å². The van der Waals surface area contributed by atoms with Gasteiger partial charge in [-0.3, -0.25) is 9.69 Å². The van der Waals surface area contributed by atoms with E-state index >= 15 is 0 Å². The number of benzene rings is 4. The molecule has 48 heavy (non-hydrogen) atoms. The van der Waals surface area contributed by atoms with Crippen LogP contribution in [0.25, 0.3) is 0 Å². The average Bonchev–Trinajstić information content (AvgIpc) is 3.69. The van der Waals surface area contributed by atoms with Crippen molar-refractivity contribution in [1.29, 1.82) is 0 Å². The number of hydrogen-bond donors (Lipinski definition) is 2. The Labute approximate surface area is 281 Å². The molecule has 8 rings (SSSR count). The van der Waals surface area contributed by atoms with Crippen LogP contribution in [0, 0.1) is 5.92 Å². The molecule has 0 aliphatic carbocycles. The topological polar surface area (TPSA) is 101 Å². The summed E-state index contributed by atoms with van der Waals surface area (Å²) in [5, 5.41) is 13.6. The van der Waals surface area contributed by atoms with Gasteiger partial charge in [0.15, 0.2) is 6.29 Å². The van der Waals surface area contributed by atoms with Crippen LogP contribution in [0.1, 0.15) is 63.3 Å². The zero-order chi connectivity index (χ0) is 32.9. The number of rotatable bonds is 11. The van der Waals surface area contributed by atoms with Gasteiger partial charge in [-0.15, -0.1) is 0 Å². The molecule has 0 radical (unpaired) electrons. The summed E-state index contributed by atoms with van der Waals surface area (Å²) in [7, 11) is 0. The number of nitrogens with zero attached hydrogens (tertiary/aromatic N) is 2. The molecule has 4 saturated heterocycles. The standard InChI is InChI=1S/C39H41N3O6/c43-37(40-24-27-9-15-32(16-10-27)38-46-21-22-47-38)31-13-11-28(12-14-31)26-48-34-8-4-7-33(23-34)36(30-5-2-1-3-6-30)42(39(44)45)35-25-41-19-17-29(35)18-20-41/h1-16,23,29,35-36,38H,17-22,24-26H2,(H,40,43)(H,44,45)/t35-,36?/m0/s1. The Morgan fingerprint density at radius 2 is 1.54 bits per heavy atom. The monoisotopic (exact) mass is 647 g/mol. The Balaban J connectivity index is 0.997. The summed E-state index contributed by atoms with van der Waals surface area (Å²) in [5.74, 6) is 0.867. The van der Waals surface area contributed by atoms with Crippen molar-refractivity contribution in [3.8, 4) is 5.75 Å². The maximum absolute atomic E-state index is 12.9. The molecule has 9 nitrogen and oxygen atoms in total. The minimum Gasteiger partial charge on any atom is -0.489 e. The third-order valence-corrected chi connectivity index (χ3v) is 9.72. The molecule has 4 fully saturated rings. The summed E-state index contributed by atoms with van der Waals surface area (Å²) in [6, 6.07) is 32.4. The van der Waals surface area contributed by atoms with E-state index < -0.39 is 12.1 Å². The summed E-state index contributed by atoms with van der Waals surface area (Å²) < 4.78 is 17.3. The van der Waals surface area contributed by atoms with E-state index in [1.165, 1.54) is 0 Å². The predicted octanol–water partition coefficient (Wildman–Crippen LogP) is 6.40. The van der Waals surface area contributed by atoms with Crippen LogP contribution in [0.3, 0.4) is 0 Å². The SMILES string of the molecule is O=C(NCc1ccc(C2OCCO2)cc1)c1ccc(COc2cccc(C(c3ccccc3)N(C(=O)O)[C@H]3CN4CCC3CC4)c2)cc1. The summed E-state index contributed by atoms with van der Waals surface area (Å²) in [4.78, 5) is 29.8. The molecule has 2 N–H and O–H groups in total. The fourth-order valence-corrected chi connectivity index (χ4v) is 7.16. The second kappa shape index (κ2) is 14.6. The summed E-state index contributed by atoms with van der Waals surface area (Å²) in [6.45, 7) is 4.78. The zero-order valence-electron chi connectivity index (χ0n) is 26.9. The van der Waals surface area contributed by atoms with Gasteiger partial charge in [-0.2, -0.15) is 0 Å². The Hall–Kier alpha value is -4.70. The molecular formula is C39H41N3O6. The van der Waals surface area contributed by atoms with Gasteiger partial charge in [0.1, 0.15) is 12.4 Å². The highest BCUT2D eigenvalue weighted by atomic mass is 16.7. The zero-order valence-corrected chi connectivity index (χ0v) is 26.9. The van der Waals surface area contributed by atoms with Crippen LogP contribution in [-0.4, -0.2) is 65.8 Å². The van der Waals surface area contributed by atoms with E-state index in [-0.39, 0.29) is 18.2 Å². The van der Waals surface area contributed by atoms with Gasteiger partial charge in [-0.25, -0.2) is 4.79 Å². The van der Waals surface area contributed by atoms with Crippen LogP contribution in [0.15, 0.2) is 103 Å². The van der Waals surface area contributed by atoms with Crippen molar-refractivity contribution >= 4 is 12.0 Å². The summed E-state index contributed by atoms with van der Waals surface area (Å²) in [6.07, 6.45) is 0.842. The van der Waals surface area contributed by atoms with Gasteiger partial charge in [-0.05, 0) is 78.4 Å². The third kappa shape index (κ3) is 7.23. The average molecular weight is 648 g/mol. The lowest BCUT2D eigenvalue weighted by Crippen LogP contribution is -2.59. The normalized spacial score (nSPS) is 21.0. The molecule has 248 valence electrons. The van der Waals surface area contributed by atoms with Crippen LogP contribution >= 0.6 is 0 Å². The number of nitrogens with one attached hydrogen (secondary N) is 1. The fraction of sp³-hybridized carbons (Fsp3) is 0.333. The van der Waals surface area contributed by atoms with Gasteiger partial charge in [0, 0.05) is 24.2 Å². The maximum atomic E-state index is 12.9. The predicted molar refractivity (Wildman–Crippen MR) is 181 cm³/mol. The van der Waals surface area contributed by atoms with Gasteiger partial charge in [0.2, 0.25) is 0 Å². The smallest absolute Gasteiger partial charge is 0.408 e. The van der Waals surface area contributed by atoms with Crippen LogP contribution in [0.2, 0.25) is 0 Å². The van der Waals surface area contributed by atoms with Gasteiger partial charge >= 0.3 is 6.09 Å². The lowest BCUT2D eigenvalue weighted by molar-refractivity contribution is -0.0441. The van der Waals surface area contributed by atoms with Crippen LogP contribution < -0.4 is 10.1 Å². The maximum Gasteiger partial charge on any atom is 0.408 e. The van der Waals surface area contributed by atoms with Crippen molar-refractivity contribution in [3.05, 3.63) is 137 Å². The van der Waals surface area contributed by atoms with Crippen molar-refractivity contribution in [2.75, 3.05) is 32.8 Å². The van der Waals surface area contributed by atoms with E-state index in [2.05, 4.69) is 10.2 Å². The van der Waals surface area contributed by atoms with Crippen molar-refractivity contribution < 1.29 is 28.9 Å². The first-order valence-electron chi connectivity index (χ1n) is 16.7. The molecule has 1 unspecified atom stereocenters. The third-order valence-electron chi connectivity index (χ3n) is 9.72. The van der Waals surface area contributed by atoms with Gasteiger partial charge in [0.05, 0.1) is 25.3 Å². The number of fused-ring (bicyclic) bond motifs is 3. The highest BCUT2D eigenvalue weighted by molar-refractivity contribution is 5.94. The molecule has 4 aromatic carbocycles. The lowest BCUT2D eigenvalue weighted by atomic mass is 9.81. The highest BCUT2D eigenvalue weighted by Gasteiger charge is 2.43. The van der Waals surface area contributed by atoms with Gasteiger partial charge in [0.25, 0.3) is 5.91 Å². The first-order valence-corrected chi connectivity index (χ1v) is 16.7. The number of carbonyl (C=O) groups excluding carboxylic acids is 1. The van der Waals surface area contributed by atoms with E-state index in [0.29, 0.717) is 43.6 Å². The Morgan fingerprint density at radius 1 is 0.854 bits per heavy atom. The van der Waals surface area contributed by atoms with E-state index in [0.717, 1.165) is 60.3 Å². The van der Waals surface area contributed by atoms with Crippen molar-refractivity contribution in [2.24, 2.45) is 5.92 Å². The van der Waals surface area contributed by atoms with Crippen LogP contribution in [0.5, 0.6) is 5.75 Å². The molecule has 2 atom stereocenters. The van der Waals surface area contributed by atoms with Gasteiger partial charge < -0.3 is 29.5 Å². The molecule has 0 spiro atoms. The fourth-order valence-electron chi connectivity index (χ4n) is 7.16. The first kappa shape index (κ1) is 31.9. The Kier molecular flexibility index (Phi) is 9.70. The summed E-state index contributed by atoms with van der Waals surface area (Å²) in [5.41, 5.74) is 5.25. The van der Waals surface area contributed by atoms with E-state index in [1.54, 1.807) is 17.0 Å². The second-order valence-electron chi connectivity index (χ2n) is 12.8.